The highest BCUT2D eigenvalue weighted by atomic mass is 32.1. The number of ketones is 1. The molecule has 10 unspecified atom stereocenters. The van der Waals surface area contributed by atoms with E-state index in [1.807, 2.05) is 37.3 Å². The van der Waals surface area contributed by atoms with Gasteiger partial charge in [0, 0.05) is 46.2 Å². The van der Waals surface area contributed by atoms with Crippen LogP contribution in [0, 0.1) is 58.7 Å². The van der Waals surface area contributed by atoms with Crippen molar-refractivity contribution in [2.24, 2.45) is 45.7 Å². The minimum Gasteiger partial charge on any atom is -0.508 e. The van der Waals surface area contributed by atoms with Crippen LogP contribution in [0.2, 0.25) is 0 Å². The molecule has 4 aliphatic carbocycles. The number of aliphatic hydroxyl groups is 4. The molecule has 12 heteroatoms. The van der Waals surface area contributed by atoms with Gasteiger partial charge in [-0.15, -0.1) is 28.6 Å². The van der Waals surface area contributed by atoms with Gasteiger partial charge in [-0.3, -0.25) is 4.79 Å². The molecule has 5 aliphatic rings. The monoisotopic (exact) mass is 928 g/mol. The summed E-state index contributed by atoms with van der Waals surface area (Å²) in [5.74, 6) is 12.2. The van der Waals surface area contributed by atoms with Gasteiger partial charge in [-0.2, -0.15) is 0 Å². The zero-order valence-corrected chi connectivity index (χ0v) is 39.7. The van der Waals surface area contributed by atoms with Crippen molar-refractivity contribution >= 4 is 40.1 Å². The van der Waals surface area contributed by atoms with E-state index in [4.69, 9.17) is 10.7 Å². The largest absolute Gasteiger partial charge is 0.508 e. The number of hydrogen-bond acceptors (Lipinski definition) is 10. The molecule has 348 valence electrons. The quantitative estimate of drug-likeness (QED) is 0.0378. The lowest BCUT2D eigenvalue weighted by molar-refractivity contribution is 0.0139. The number of aliphatic hydroxyl groups excluding tert-OH is 3. The lowest BCUT2D eigenvalue weighted by Gasteiger charge is -2.46. The van der Waals surface area contributed by atoms with Crippen LogP contribution < -0.4 is 16.4 Å². The number of rotatable bonds is 8. The molecule has 0 radical (unpaired) electrons. The molecule has 9 rings (SSSR count). The van der Waals surface area contributed by atoms with Crippen LogP contribution in [0.4, 0.5) is 5.69 Å². The van der Waals surface area contributed by atoms with Gasteiger partial charge in [0.05, 0.1) is 52.0 Å². The molecule has 2 aromatic carbocycles. The Morgan fingerprint density at radius 2 is 1.80 bits per heavy atom. The number of carbonyl (C=O) groups excluding carboxylic acids is 1. The molecule has 10 nitrogen and oxygen atoms in total. The van der Waals surface area contributed by atoms with Gasteiger partial charge in [0.25, 0.3) is 0 Å². The standard InChI is InChI=1S/C54H64N4O6S2/c1-3-8-39-15-18-48(65-39)49-19-20-50(66-49)51(63)43-17-14-35-26-54(43)27-41(42(28-54)47(62)30-60)33-13-16-40-36(24-45(35)58-52(55)57-37-11-5-4-6-12-37)23-38(61)25-46(40)56-31-53(2,64)44(29-59)34-10-7-9-32(21-33)22-34/h7,9-10,15,18-20,22-23,25,33,35,37,41-45,47,56,59-62,64H,4-6,11-12,14,17,21,24,26-31H2,1-2H3,(H3,55,57,58). The topological polar surface area (TPSA) is 181 Å². The number of aromatic hydroxyl groups is 1. The number of nitrogens with two attached hydrogens (primary N) is 1. The maximum atomic E-state index is 15.3. The molecule has 3 fully saturated rings. The Morgan fingerprint density at radius 1 is 1.00 bits per heavy atom. The number of phenolic OH excluding ortho intramolecular Hbond substituents is 1. The minimum atomic E-state index is -1.39. The first-order valence-corrected chi connectivity index (χ1v) is 25.6. The van der Waals surface area contributed by atoms with Gasteiger partial charge >= 0.3 is 0 Å². The van der Waals surface area contributed by atoms with Gasteiger partial charge in [-0.05, 0) is 142 Å². The second-order valence-electron chi connectivity index (χ2n) is 20.1. The second kappa shape index (κ2) is 19.5. The SMILES string of the molecule is CC#Cc1ccc(-c2ccc(C(=O)C3CCC4CC35CC(C(O)CO)C(C5)C3C#Cc5c(cc(O)cc5NCC(C)(O)C(CO)c5cccc(c5)C3)CC4N=C(N)NC3CCCCC3)s2)s1. The van der Waals surface area contributed by atoms with Crippen LogP contribution in [0.3, 0.4) is 0 Å². The van der Waals surface area contributed by atoms with E-state index in [9.17, 15) is 25.5 Å². The molecule has 1 aliphatic heterocycles. The number of nitrogens with one attached hydrogen (secondary N) is 2. The van der Waals surface area contributed by atoms with E-state index < -0.39 is 29.6 Å². The third-order valence-corrected chi connectivity index (χ3v) is 18.0. The Kier molecular flexibility index (Phi) is 13.7. The fraction of sp³-hybridized carbons (Fsp3) is 0.519. The smallest absolute Gasteiger partial charge is 0.189 e. The van der Waals surface area contributed by atoms with Crippen LogP contribution in [0.25, 0.3) is 9.75 Å². The molecular formula is C54H64N4O6S2. The number of carbonyl (C=O) groups is 1. The number of aliphatic imine (C=N–C) groups is 1. The van der Waals surface area contributed by atoms with Gasteiger partial charge in [0.15, 0.2) is 11.7 Å². The fourth-order valence-electron chi connectivity index (χ4n) is 12.5. The first-order chi connectivity index (χ1) is 31.9. The minimum absolute atomic E-state index is 0.00297. The third-order valence-electron chi connectivity index (χ3n) is 15.7. The van der Waals surface area contributed by atoms with E-state index in [-0.39, 0.29) is 66.4 Å². The molecule has 1 spiro atoms. The Bertz CT molecular complexity index is 2570. The molecule has 7 bridgehead atoms. The van der Waals surface area contributed by atoms with Crippen LogP contribution in [0.5, 0.6) is 5.75 Å². The Morgan fingerprint density at radius 3 is 2.59 bits per heavy atom. The van der Waals surface area contributed by atoms with Crippen molar-refractivity contribution in [3.63, 3.8) is 0 Å². The third kappa shape index (κ3) is 9.56. The second-order valence-corrected chi connectivity index (χ2v) is 22.2. The summed E-state index contributed by atoms with van der Waals surface area (Å²) in [5, 5.41) is 63.9. The highest BCUT2D eigenvalue weighted by Crippen LogP contribution is 2.62. The highest BCUT2D eigenvalue weighted by Gasteiger charge is 2.58. The molecule has 9 N–H and O–H groups in total. The zero-order chi connectivity index (χ0) is 46.2. The average Bonchev–Trinajstić information content (AvgIpc) is 4.07. The zero-order valence-electron chi connectivity index (χ0n) is 38.1. The van der Waals surface area contributed by atoms with Crippen molar-refractivity contribution < 1.29 is 30.3 Å². The molecule has 3 heterocycles. The van der Waals surface area contributed by atoms with Crippen LogP contribution in [-0.2, 0) is 12.8 Å². The van der Waals surface area contributed by atoms with Crippen molar-refractivity contribution in [1.29, 1.82) is 0 Å². The first kappa shape index (κ1) is 46.5. The number of guanidine groups is 1. The molecule has 66 heavy (non-hydrogen) atoms. The van der Waals surface area contributed by atoms with Crippen LogP contribution in [-0.4, -0.2) is 80.8 Å². The van der Waals surface area contributed by atoms with E-state index in [1.165, 1.54) is 17.8 Å². The molecular weight excluding hydrogens is 865 g/mol. The number of phenols is 1. The lowest BCUT2D eigenvalue weighted by Crippen LogP contribution is -2.45. The first-order valence-electron chi connectivity index (χ1n) is 24.0. The van der Waals surface area contributed by atoms with Crippen LogP contribution >= 0.6 is 22.7 Å². The molecule has 0 amide bonds. The summed E-state index contributed by atoms with van der Waals surface area (Å²) in [4.78, 5) is 24.4. The van der Waals surface area contributed by atoms with Gasteiger partial charge in [0.2, 0.25) is 0 Å². The number of nitrogens with zero attached hydrogens (tertiary/aromatic N) is 1. The summed E-state index contributed by atoms with van der Waals surface area (Å²) in [7, 11) is 0. The molecule has 2 aromatic heterocycles. The Hall–Kier alpha value is -4.66. The molecule has 3 saturated carbocycles. The predicted octanol–water partition coefficient (Wildman–Crippen LogP) is 7.84. The van der Waals surface area contributed by atoms with E-state index >= 15 is 4.79 Å². The molecule has 4 aromatic rings. The summed E-state index contributed by atoms with van der Waals surface area (Å²) in [5.41, 5.74) is 8.80. The van der Waals surface area contributed by atoms with E-state index in [2.05, 4.69) is 52.5 Å². The number of thiophene rings is 2. The van der Waals surface area contributed by atoms with Gasteiger partial charge < -0.3 is 41.9 Å². The summed E-state index contributed by atoms with van der Waals surface area (Å²) >= 11 is 3.16. The Labute approximate surface area is 397 Å². The van der Waals surface area contributed by atoms with Crippen LogP contribution in [0.15, 0.2) is 65.7 Å². The van der Waals surface area contributed by atoms with Gasteiger partial charge in [-0.1, -0.05) is 61.3 Å². The Balaban J connectivity index is 1.19. The summed E-state index contributed by atoms with van der Waals surface area (Å²) in [6.45, 7) is 2.93. The molecule has 0 saturated heterocycles. The van der Waals surface area contributed by atoms with Crippen LogP contribution in [0.1, 0.15) is 121 Å². The van der Waals surface area contributed by atoms with E-state index in [0.29, 0.717) is 55.7 Å². The number of Topliss-reactive ketones (excluding diaryl/α,β-unsaturated/α-hetero) is 1. The normalized spacial score (nSPS) is 30.3. The average molecular weight is 929 g/mol. The van der Waals surface area contributed by atoms with Crippen molar-refractivity contribution in [3.8, 4) is 39.2 Å². The predicted molar refractivity (Wildman–Crippen MR) is 264 cm³/mol. The fourth-order valence-corrected chi connectivity index (χ4v) is 14.5. The maximum absolute atomic E-state index is 15.3. The van der Waals surface area contributed by atoms with Gasteiger partial charge in [0.1, 0.15) is 5.75 Å². The number of anilines is 1. The summed E-state index contributed by atoms with van der Waals surface area (Å²) in [6, 6.07) is 19.5. The van der Waals surface area contributed by atoms with E-state index in [0.717, 1.165) is 68.3 Å². The number of β-amino-alcohol motifs (C(OH)–C–C–N with tert-alkyl or cyclic N) is 1. The lowest BCUT2D eigenvalue weighted by atomic mass is 9.58. The van der Waals surface area contributed by atoms with Crippen molar-refractivity contribution in [2.45, 2.75) is 121 Å². The maximum Gasteiger partial charge on any atom is 0.189 e. The number of hydrogen-bond donors (Lipinski definition) is 8. The summed E-state index contributed by atoms with van der Waals surface area (Å²) in [6.07, 6.45) is 8.71. The number of benzene rings is 2. The number of fused-ring (bicyclic) bond motifs is 6. The van der Waals surface area contributed by atoms with Gasteiger partial charge in [-0.25, -0.2) is 4.99 Å². The summed E-state index contributed by atoms with van der Waals surface area (Å²) < 4.78 is 0. The van der Waals surface area contributed by atoms with Crippen molar-refractivity contribution in [3.05, 3.63) is 92.7 Å². The van der Waals surface area contributed by atoms with E-state index in [1.54, 1.807) is 30.4 Å². The van der Waals surface area contributed by atoms with Crippen molar-refractivity contribution in [2.75, 3.05) is 25.1 Å². The highest BCUT2D eigenvalue weighted by molar-refractivity contribution is 7.23. The molecule has 10 atom stereocenters. The van der Waals surface area contributed by atoms with Crippen molar-refractivity contribution in [1.82, 2.24) is 5.32 Å².